The lowest BCUT2D eigenvalue weighted by atomic mass is 9.91. The first kappa shape index (κ1) is 30.3. The molecule has 0 bridgehead atoms. The number of guanidine groups is 1. The molecule has 12 heteroatoms. The van der Waals surface area contributed by atoms with Gasteiger partial charge in [0, 0.05) is 22.7 Å². The average Bonchev–Trinajstić information content (AvgIpc) is 3.17. The largest absolute Gasteiger partial charge is 0.489 e. The minimum Gasteiger partial charge on any atom is -0.489 e. The third-order valence-electron chi connectivity index (χ3n) is 6.60. The van der Waals surface area contributed by atoms with Gasteiger partial charge >= 0.3 is 6.18 Å². The second-order valence-electron chi connectivity index (χ2n) is 10.9. The molecule has 0 spiro atoms. The molecule has 0 aromatic heterocycles. The summed E-state index contributed by atoms with van der Waals surface area (Å²) in [6.07, 6.45) is -1.55. The molecule has 2 aromatic rings. The van der Waals surface area contributed by atoms with Crippen molar-refractivity contribution in [2.24, 2.45) is 21.9 Å². The van der Waals surface area contributed by atoms with Crippen LogP contribution in [0.25, 0.3) is 11.1 Å². The summed E-state index contributed by atoms with van der Waals surface area (Å²) in [6.45, 7) is 9.60. The maximum atomic E-state index is 14.1. The van der Waals surface area contributed by atoms with Crippen molar-refractivity contribution in [3.8, 4) is 16.9 Å². The summed E-state index contributed by atoms with van der Waals surface area (Å²) in [5.41, 5.74) is 16.3. The van der Waals surface area contributed by atoms with Crippen LogP contribution in [0.4, 0.5) is 13.2 Å². The number of aliphatic imine (C=N–C) groups is 1. The highest BCUT2D eigenvalue weighted by molar-refractivity contribution is 6.33. The summed E-state index contributed by atoms with van der Waals surface area (Å²) in [5.74, 6) is -1.10. The topological polar surface area (TPSA) is 101 Å². The Morgan fingerprint density at radius 3 is 2.45 bits per heavy atom. The summed E-state index contributed by atoms with van der Waals surface area (Å²) < 4.78 is 48.5. The number of rotatable bonds is 6. The molecule has 38 heavy (non-hydrogen) atoms. The van der Waals surface area contributed by atoms with Gasteiger partial charge in [-0.05, 0) is 67.6 Å². The zero-order valence-corrected chi connectivity index (χ0v) is 23.2. The number of nitrogens with zero attached hydrogens (tertiary/aromatic N) is 2. The number of benzene rings is 2. The third-order valence-corrected chi connectivity index (χ3v) is 6.90. The third kappa shape index (κ3) is 7.24. The van der Waals surface area contributed by atoms with Crippen LogP contribution in [0.2, 0.25) is 5.02 Å². The molecule has 2 heterocycles. The molecule has 7 nitrogen and oxygen atoms in total. The van der Waals surface area contributed by atoms with E-state index in [0.29, 0.717) is 11.3 Å². The van der Waals surface area contributed by atoms with Crippen LogP contribution in [-0.2, 0) is 12.0 Å². The molecule has 210 valence electrons. The van der Waals surface area contributed by atoms with Crippen LogP contribution in [0.1, 0.15) is 51.2 Å². The number of ether oxygens (including phenoxy) is 1. The predicted molar refractivity (Wildman–Crippen MR) is 147 cm³/mol. The second kappa shape index (κ2) is 11.5. The number of likely N-dealkylation sites (tertiary alicyclic amines) is 1. The lowest BCUT2D eigenvalue weighted by Gasteiger charge is -2.34. The molecule has 2 aliphatic rings. The van der Waals surface area contributed by atoms with E-state index in [-0.39, 0.29) is 46.0 Å². The number of hydrogen-bond donors (Lipinski definition) is 4. The van der Waals surface area contributed by atoms with Crippen LogP contribution in [0.15, 0.2) is 41.4 Å². The van der Waals surface area contributed by atoms with Crippen LogP contribution >= 0.6 is 24.0 Å². The van der Waals surface area contributed by atoms with Gasteiger partial charge in [0.1, 0.15) is 11.9 Å². The Hall–Kier alpha value is -2.24. The summed E-state index contributed by atoms with van der Waals surface area (Å²) >= 11 is 6.40. The monoisotopic (exact) mass is 574 g/mol. The zero-order chi connectivity index (χ0) is 27.0. The van der Waals surface area contributed by atoms with Crippen molar-refractivity contribution >= 4 is 30.0 Å². The molecular weight excluding hydrogens is 540 g/mol. The van der Waals surface area contributed by atoms with E-state index in [2.05, 4.69) is 41.5 Å². The van der Waals surface area contributed by atoms with E-state index in [9.17, 15) is 13.2 Å². The van der Waals surface area contributed by atoms with Crippen molar-refractivity contribution < 1.29 is 17.9 Å². The highest BCUT2D eigenvalue weighted by Gasteiger charge is 2.39. The van der Waals surface area contributed by atoms with Crippen LogP contribution in [0.3, 0.4) is 0 Å². The van der Waals surface area contributed by atoms with Crippen molar-refractivity contribution in [3.05, 3.63) is 52.5 Å². The Labute approximate surface area is 232 Å². The molecule has 2 unspecified atom stereocenters. The average molecular weight is 576 g/mol. The quantitative estimate of drug-likeness (QED) is 0.377. The van der Waals surface area contributed by atoms with Gasteiger partial charge in [-0.3, -0.25) is 16.1 Å². The smallest absolute Gasteiger partial charge is 0.417 e. The summed E-state index contributed by atoms with van der Waals surface area (Å²) in [7, 11) is 0. The summed E-state index contributed by atoms with van der Waals surface area (Å²) in [6, 6.07) is 8.86. The Kier molecular flexibility index (Phi) is 9.15. The van der Waals surface area contributed by atoms with E-state index in [1.165, 1.54) is 6.07 Å². The molecular formula is C26H35Cl2F3N6O. The second-order valence-corrected chi connectivity index (χ2v) is 11.3. The fourth-order valence-corrected chi connectivity index (χ4v) is 4.91. The molecule has 2 atom stereocenters. The zero-order valence-electron chi connectivity index (χ0n) is 21.7. The predicted octanol–water partition coefficient (Wildman–Crippen LogP) is 5.22. The molecule has 4 rings (SSSR count). The van der Waals surface area contributed by atoms with Crippen molar-refractivity contribution in [3.63, 3.8) is 0 Å². The van der Waals surface area contributed by atoms with Crippen LogP contribution < -0.4 is 27.1 Å². The standard InChI is InChI=1S/C26H34ClF3N6O.ClH/c1-24(2,3)10-12-36-11-4-5-19(15-36)37-18-8-6-16(7-9-18)22-20(25(28,29)30)13-17(14-21(22)27)26(32)33-23(31)34-35-26;/h6-9,13-14,19,35H,4-5,10-12,15,32H2,1-3H3,(H3,31,33,34);1H. The highest BCUT2D eigenvalue weighted by atomic mass is 35.5. The van der Waals surface area contributed by atoms with Crippen LogP contribution in [0, 0.1) is 5.41 Å². The SMILES string of the molecule is CC(C)(C)CCN1CCCC(Oc2ccc(-c3c(Cl)cc(C4(N)N=C(N)NN4)cc3C(F)(F)F)cc2)C1.Cl. The van der Waals surface area contributed by atoms with Gasteiger partial charge < -0.3 is 10.5 Å². The maximum absolute atomic E-state index is 14.1. The minimum absolute atomic E-state index is 0. The molecule has 0 radical (unpaired) electrons. The van der Waals surface area contributed by atoms with E-state index in [1.807, 2.05) is 0 Å². The van der Waals surface area contributed by atoms with Gasteiger partial charge in [-0.1, -0.05) is 44.5 Å². The van der Waals surface area contributed by atoms with Crippen molar-refractivity contribution in [2.75, 3.05) is 19.6 Å². The first-order chi connectivity index (χ1) is 17.2. The fourth-order valence-electron chi connectivity index (χ4n) is 4.58. The van der Waals surface area contributed by atoms with E-state index < -0.39 is 17.5 Å². The number of hydrogen-bond acceptors (Lipinski definition) is 7. The number of hydrazine groups is 1. The van der Waals surface area contributed by atoms with Crippen molar-refractivity contribution in [1.82, 2.24) is 15.8 Å². The van der Waals surface area contributed by atoms with Gasteiger partial charge in [-0.25, -0.2) is 4.99 Å². The van der Waals surface area contributed by atoms with E-state index in [0.717, 1.165) is 45.0 Å². The highest BCUT2D eigenvalue weighted by Crippen LogP contribution is 2.43. The van der Waals surface area contributed by atoms with E-state index in [1.54, 1.807) is 24.3 Å². The Morgan fingerprint density at radius 1 is 1.18 bits per heavy atom. The van der Waals surface area contributed by atoms with Crippen molar-refractivity contribution in [1.29, 1.82) is 0 Å². The van der Waals surface area contributed by atoms with E-state index in [4.69, 9.17) is 27.8 Å². The molecule has 1 saturated heterocycles. The number of nitrogens with one attached hydrogen (secondary N) is 2. The Bertz CT molecular complexity index is 1150. The van der Waals surface area contributed by atoms with Gasteiger partial charge in [0.05, 0.1) is 5.56 Å². The van der Waals surface area contributed by atoms with Crippen molar-refractivity contribution in [2.45, 2.75) is 58.1 Å². The molecule has 1 fully saturated rings. The van der Waals surface area contributed by atoms with Crippen LogP contribution in [0.5, 0.6) is 5.75 Å². The van der Waals surface area contributed by atoms with Gasteiger partial charge in [0.15, 0.2) is 0 Å². The van der Waals surface area contributed by atoms with Gasteiger partial charge in [-0.2, -0.15) is 18.6 Å². The number of piperidine rings is 1. The molecule has 6 N–H and O–H groups in total. The van der Waals surface area contributed by atoms with Crippen LogP contribution in [-0.4, -0.2) is 36.6 Å². The first-order valence-corrected chi connectivity index (χ1v) is 12.7. The Morgan fingerprint density at radius 2 is 1.87 bits per heavy atom. The van der Waals surface area contributed by atoms with Gasteiger partial charge in [0.2, 0.25) is 11.7 Å². The number of nitrogens with two attached hydrogens (primary N) is 2. The molecule has 0 aliphatic carbocycles. The molecule has 2 aromatic carbocycles. The number of halogens is 5. The minimum atomic E-state index is -4.68. The van der Waals surface area contributed by atoms with E-state index >= 15 is 0 Å². The Balaban J connectivity index is 0.00000400. The lowest BCUT2D eigenvalue weighted by molar-refractivity contribution is -0.137. The molecule has 2 aliphatic heterocycles. The summed E-state index contributed by atoms with van der Waals surface area (Å²) in [5, 5.41) is -0.104. The first-order valence-electron chi connectivity index (χ1n) is 12.3. The summed E-state index contributed by atoms with van der Waals surface area (Å²) in [4.78, 5) is 6.38. The molecule has 0 saturated carbocycles. The maximum Gasteiger partial charge on any atom is 0.417 e. The molecule has 0 amide bonds. The number of alkyl halides is 3. The normalized spacial score (nSPS) is 22.4. The lowest BCUT2D eigenvalue weighted by Crippen LogP contribution is -2.50. The fraction of sp³-hybridized carbons (Fsp3) is 0.500. The van der Waals surface area contributed by atoms with Gasteiger partial charge in [0.25, 0.3) is 0 Å². The van der Waals surface area contributed by atoms with Gasteiger partial charge in [-0.15, -0.1) is 12.4 Å².